The van der Waals surface area contributed by atoms with Crippen LogP contribution in [0.5, 0.6) is 0 Å². The maximum Gasteiger partial charge on any atom is 0.359 e. The first-order chi connectivity index (χ1) is 7.98. The number of rotatable bonds is 8. The predicted molar refractivity (Wildman–Crippen MR) is 73.5 cm³/mol. The lowest BCUT2D eigenvalue weighted by atomic mass is 9.93. The van der Waals surface area contributed by atoms with Crippen molar-refractivity contribution in [1.29, 1.82) is 0 Å². The molecule has 1 atom stereocenters. The molecule has 0 aromatic rings. The van der Waals surface area contributed by atoms with Gasteiger partial charge in [0.25, 0.3) is 0 Å². The summed E-state index contributed by atoms with van der Waals surface area (Å²) in [5.41, 5.74) is -0.557. The van der Waals surface area contributed by atoms with Gasteiger partial charge in [0.1, 0.15) is 0 Å². The molecule has 0 aromatic carbocycles. The molecule has 19 heavy (non-hydrogen) atoms. The van der Waals surface area contributed by atoms with Crippen LogP contribution in [0.25, 0.3) is 0 Å². The molecule has 0 fully saturated rings. The van der Waals surface area contributed by atoms with E-state index in [0.29, 0.717) is 11.0 Å². The van der Waals surface area contributed by atoms with Gasteiger partial charge >= 0.3 is 7.60 Å². The van der Waals surface area contributed by atoms with Gasteiger partial charge in [-0.1, -0.05) is 13.8 Å². The van der Waals surface area contributed by atoms with E-state index in [2.05, 4.69) is 0 Å². The molecule has 0 rings (SSSR count). The molecule has 0 aromatic heterocycles. The molecule has 0 spiro atoms. The summed E-state index contributed by atoms with van der Waals surface area (Å²) in [5.74, 6) is -1.12. The summed E-state index contributed by atoms with van der Waals surface area (Å²) in [6, 6.07) is 0. The lowest BCUT2D eigenvalue weighted by Crippen LogP contribution is -3.00. The van der Waals surface area contributed by atoms with Gasteiger partial charge in [-0.05, 0) is 13.8 Å². The van der Waals surface area contributed by atoms with Crippen molar-refractivity contribution in [2.24, 2.45) is 5.41 Å². The van der Waals surface area contributed by atoms with Gasteiger partial charge in [-0.2, -0.15) is 0 Å². The summed E-state index contributed by atoms with van der Waals surface area (Å²) in [5, 5.41) is 10.4. The van der Waals surface area contributed by atoms with Crippen LogP contribution in [0.3, 0.4) is 0 Å². The SMILES string of the molecule is CCOP(=O)(OCC)C(O)C(C)(C)C[N+](C)(C)C.[I-]. The van der Waals surface area contributed by atoms with Crippen molar-refractivity contribution >= 4 is 7.60 Å². The summed E-state index contributed by atoms with van der Waals surface area (Å²) < 4.78 is 23.6. The highest BCUT2D eigenvalue weighted by Crippen LogP contribution is 2.57. The largest absolute Gasteiger partial charge is 1.00 e. The van der Waals surface area contributed by atoms with Crippen molar-refractivity contribution in [1.82, 2.24) is 0 Å². The van der Waals surface area contributed by atoms with Crippen molar-refractivity contribution in [2.45, 2.75) is 33.5 Å². The van der Waals surface area contributed by atoms with E-state index in [1.807, 2.05) is 35.0 Å². The molecule has 0 radical (unpaired) electrons. The van der Waals surface area contributed by atoms with E-state index < -0.39 is 18.9 Å². The Balaban J connectivity index is 0. The van der Waals surface area contributed by atoms with Gasteiger partial charge in [0, 0.05) is 0 Å². The number of hydrogen-bond acceptors (Lipinski definition) is 4. The number of halogens is 1. The van der Waals surface area contributed by atoms with E-state index in [0.717, 1.165) is 0 Å². The van der Waals surface area contributed by atoms with Crippen molar-refractivity contribution in [3.8, 4) is 0 Å². The quantitative estimate of drug-likeness (QED) is 0.328. The fraction of sp³-hybridized carbons (Fsp3) is 1.00. The number of nitrogens with zero attached hydrogens (tertiary/aromatic N) is 1. The number of quaternary nitrogens is 1. The van der Waals surface area contributed by atoms with Crippen molar-refractivity contribution in [3.05, 3.63) is 0 Å². The molecule has 0 amide bonds. The molecule has 0 saturated carbocycles. The minimum atomic E-state index is -3.47. The lowest BCUT2D eigenvalue weighted by Gasteiger charge is -2.39. The maximum atomic E-state index is 12.5. The van der Waals surface area contributed by atoms with Crippen LogP contribution < -0.4 is 24.0 Å². The molecule has 1 N–H and O–H groups in total. The van der Waals surface area contributed by atoms with E-state index in [-0.39, 0.29) is 37.2 Å². The van der Waals surface area contributed by atoms with Crippen molar-refractivity contribution in [3.63, 3.8) is 0 Å². The van der Waals surface area contributed by atoms with Crippen LogP contribution in [0.15, 0.2) is 0 Å². The van der Waals surface area contributed by atoms with Gasteiger partial charge in [0.05, 0.1) is 46.3 Å². The van der Waals surface area contributed by atoms with Gasteiger partial charge in [-0.3, -0.25) is 4.57 Å². The molecule has 0 heterocycles. The molecule has 1 unspecified atom stereocenters. The third-order valence-corrected chi connectivity index (χ3v) is 5.03. The standard InChI is InChI=1S/C12H29NO4P.HI/c1-8-16-18(15,17-9-2)11(14)12(3,4)10-13(5,6)7;/h11,14H,8-10H2,1-7H3;1H/q+1;/p-1. The first kappa shape index (κ1) is 22.1. The van der Waals surface area contributed by atoms with Crippen LogP contribution in [0.4, 0.5) is 0 Å². The van der Waals surface area contributed by atoms with Crippen LogP contribution in [-0.2, 0) is 13.6 Å². The molecule has 7 heteroatoms. The number of hydrogen-bond donors (Lipinski definition) is 1. The second-order valence-electron chi connectivity index (χ2n) is 6.19. The molecular formula is C12H29INO4P. The summed E-state index contributed by atoms with van der Waals surface area (Å²) in [6.45, 7) is 8.43. The Kier molecular flexibility index (Phi) is 9.64. The summed E-state index contributed by atoms with van der Waals surface area (Å²) in [4.78, 5) is 0. The first-order valence-electron chi connectivity index (χ1n) is 6.36. The fourth-order valence-corrected chi connectivity index (χ4v) is 4.29. The zero-order valence-electron chi connectivity index (χ0n) is 13.1. The molecule has 0 aliphatic carbocycles. The van der Waals surface area contributed by atoms with Crippen LogP contribution in [0.1, 0.15) is 27.7 Å². The van der Waals surface area contributed by atoms with E-state index in [1.54, 1.807) is 13.8 Å². The average Bonchev–Trinajstić information content (AvgIpc) is 2.13. The molecule has 0 aliphatic heterocycles. The Labute approximate surface area is 134 Å². The van der Waals surface area contributed by atoms with Gasteiger partial charge in [0.15, 0.2) is 5.85 Å². The normalized spacial score (nSPS) is 14.9. The maximum absolute atomic E-state index is 12.5. The Morgan fingerprint density at radius 2 is 1.53 bits per heavy atom. The Morgan fingerprint density at radius 3 is 1.79 bits per heavy atom. The highest BCUT2D eigenvalue weighted by molar-refractivity contribution is 7.54. The second kappa shape index (κ2) is 8.29. The average molecular weight is 409 g/mol. The van der Waals surface area contributed by atoms with Crippen LogP contribution in [-0.4, -0.2) is 56.3 Å². The zero-order chi connectivity index (χ0) is 14.6. The smallest absolute Gasteiger partial charge is 0.359 e. The monoisotopic (exact) mass is 409 g/mol. The Morgan fingerprint density at radius 1 is 1.16 bits per heavy atom. The van der Waals surface area contributed by atoms with Crippen LogP contribution in [0.2, 0.25) is 0 Å². The minimum absolute atomic E-state index is 0. The zero-order valence-corrected chi connectivity index (χ0v) is 16.2. The van der Waals surface area contributed by atoms with E-state index in [4.69, 9.17) is 9.05 Å². The van der Waals surface area contributed by atoms with Gasteiger partial charge in [0.2, 0.25) is 0 Å². The summed E-state index contributed by atoms with van der Waals surface area (Å²) in [6.07, 6.45) is 0. The van der Waals surface area contributed by atoms with E-state index in [1.165, 1.54) is 0 Å². The fourth-order valence-electron chi connectivity index (χ4n) is 2.27. The topological polar surface area (TPSA) is 55.8 Å². The summed E-state index contributed by atoms with van der Waals surface area (Å²) >= 11 is 0. The molecule has 0 saturated heterocycles. The van der Waals surface area contributed by atoms with E-state index in [9.17, 15) is 9.67 Å². The molecule has 118 valence electrons. The third kappa shape index (κ3) is 7.39. The predicted octanol–water partition coefficient (Wildman–Crippen LogP) is -0.693. The van der Waals surface area contributed by atoms with Gasteiger partial charge in [-0.15, -0.1) is 0 Å². The molecular weight excluding hydrogens is 380 g/mol. The van der Waals surface area contributed by atoms with Crippen molar-refractivity contribution < 1.29 is 47.2 Å². The second-order valence-corrected chi connectivity index (χ2v) is 8.27. The van der Waals surface area contributed by atoms with E-state index >= 15 is 0 Å². The number of aliphatic hydroxyl groups excluding tert-OH is 1. The van der Waals surface area contributed by atoms with Gasteiger partial charge < -0.3 is 42.6 Å². The van der Waals surface area contributed by atoms with Gasteiger partial charge in [-0.25, -0.2) is 0 Å². The first-order valence-corrected chi connectivity index (χ1v) is 7.97. The summed E-state index contributed by atoms with van der Waals surface area (Å²) in [7, 11) is 2.61. The molecule has 0 bridgehead atoms. The lowest BCUT2D eigenvalue weighted by molar-refractivity contribution is -0.877. The molecule has 0 aliphatic rings. The third-order valence-electron chi connectivity index (χ3n) is 2.50. The van der Waals surface area contributed by atoms with Crippen LogP contribution in [0, 0.1) is 5.41 Å². The Bertz CT molecular complexity index is 295. The highest BCUT2D eigenvalue weighted by Gasteiger charge is 2.47. The minimum Gasteiger partial charge on any atom is -1.00 e. The highest BCUT2D eigenvalue weighted by atomic mass is 127. The van der Waals surface area contributed by atoms with Crippen LogP contribution >= 0.6 is 7.60 Å². The van der Waals surface area contributed by atoms with Crippen molar-refractivity contribution in [2.75, 3.05) is 40.9 Å². The number of aliphatic hydroxyl groups is 1. The molecule has 5 nitrogen and oxygen atoms in total. The Hall–Kier alpha value is 0.800.